The van der Waals surface area contributed by atoms with Gasteiger partial charge in [0, 0.05) is 21.4 Å². The summed E-state index contributed by atoms with van der Waals surface area (Å²) >= 11 is 3.52. The number of nitrogens with two attached hydrogens (primary N) is 1. The molecule has 4 aromatic rings. The zero-order valence-corrected chi connectivity index (χ0v) is 12.6. The summed E-state index contributed by atoms with van der Waals surface area (Å²) in [5, 5.41) is 6.62. The molecule has 5 heteroatoms. The highest BCUT2D eigenvalue weighted by atomic mass is 79.9. The second kappa shape index (κ2) is 4.56. The Balaban J connectivity index is 2.10. The third-order valence-electron chi connectivity index (χ3n) is 3.49. The first-order valence-electron chi connectivity index (χ1n) is 6.52. The molecule has 0 spiro atoms. The number of anilines is 1. The number of aromatic nitrogens is 3. The van der Waals surface area contributed by atoms with Gasteiger partial charge in [0.25, 0.3) is 0 Å². The summed E-state index contributed by atoms with van der Waals surface area (Å²) in [6.45, 7) is 0. The fourth-order valence-corrected chi connectivity index (χ4v) is 2.95. The van der Waals surface area contributed by atoms with Crippen molar-refractivity contribution in [2.75, 3.05) is 5.73 Å². The highest BCUT2D eigenvalue weighted by Gasteiger charge is 2.12. The minimum atomic E-state index is 0.444. The average molecular weight is 339 g/mol. The van der Waals surface area contributed by atoms with Gasteiger partial charge in [0.1, 0.15) is 5.52 Å². The lowest BCUT2D eigenvalue weighted by Gasteiger charge is -2.02. The van der Waals surface area contributed by atoms with Crippen molar-refractivity contribution in [2.45, 2.75) is 0 Å². The van der Waals surface area contributed by atoms with Crippen molar-refractivity contribution in [2.24, 2.45) is 0 Å². The molecule has 0 unspecified atom stereocenters. The molecule has 0 radical (unpaired) electrons. The summed E-state index contributed by atoms with van der Waals surface area (Å²) in [4.78, 5) is 4.47. The van der Waals surface area contributed by atoms with Gasteiger partial charge in [0.05, 0.1) is 11.2 Å². The maximum absolute atomic E-state index is 6.07. The summed E-state index contributed by atoms with van der Waals surface area (Å²) in [6.07, 6.45) is 2.00. The van der Waals surface area contributed by atoms with E-state index in [1.165, 1.54) is 0 Å². The molecule has 0 atom stereocenters. The molecule has 21 heavy (non-hydrogen) atoms. The van der Waals surface area contributed by atoms with E-state index in [9.17, 15) is 0 Å². The van der Waals surface area contributed by atoms with Crippen molar-refractivity contribution in [1.82, 2.24) is 14.8 Å². The van der Waals surface area contributed by atoms with E-state index in [2.05, 4.69) is 26.0 Å². The molecule has 0 aliphatic rings. The Morgan fingerprint density at radius 2 is 1.71 bits per heavy atom. The molecule has 0 bridgehead atoms. The van der Waals surface area contributed by atoms with Gasteiger partial charge >= 0.3 is 0 Å². The van der Waals surface area contributed by atoms with Gasteiger partial charge < -0.3 is 5.73 Å². The van der Waals surface area contributed by atoms with Crippen LogP contribution in [0.1, 0.15) is 0 Å². The molecule has 0 amide bonds. The molecule has 2 heterocycles. The van der Waals surface area contributed by atoms with E-state index in [0.717, 1.165) is 32.0 Å². The number of halogens is 1. The summed E-state index contributed by atoms with van der Waals surface area (Å²) < 4.78 is 2.77. The largest absolute Gasteiger partial charge is 0.382 e. The van der Waals surface area contributed by atoms with Crippen LogP contribution >= 0.6 is 15.9 Å². The molecule has 0 fully saturated rings. The van der Waals surface area contributed by atoms with E-state index in [1.54, 1.807) is 0 Å². The number of rotatable bonds is 1. The molecule has 4 rings (SSSR count). The second-order valence-electron chi connectivity index (χ2n) is 4.80. The smallest absolute Gasteiger partial charge is 0.152 e. The summed E-state index contributed by atoms with van der Waals surface area (Å²) in [7, 11) is 0. The monoisotopic (exact) mass is 338 g/mol. The Morgan fingerprint density at radius 3 is 2.52 bits per heavy atom. The Hall–Kier alpha value is -2.40. The number of hydrogen-bond donors (Lipinski definition) is 1. The minimum Gasteiger partial charge on any atom is -0.382 e. The molecule has 0 saturated heterocycles. The molecule has 2 N–H and O–H groups in total. The molecule has 0 aliphatic carbocycles. The van der Waals surface area contributed by atoms with Gasteiger partial charge in [-0.05, 0) is 34.1 Å². The van der Waals surface area contributed by atoms with Crippen molar-refractivity contribution in [3.05, 3.63) is 59.2 Å². The lowest BCUT2D eigenvalue weighted by atomic mass is 10.1. The number of nitrogen functional groups attached to an aromatic ring is 1. The van der Waals surface area contributed by atoms with Crippen molar-refractivity contribution in [3.63, 3.8) is 0 Å². The van der Waals surface area contributed by atoms with Crippen LogP contribution in [0.25, 0.3) is 27.5 Å². The maximum atomic E-state index is 6.07. The number of pyridine rings is 1. The van der Waals surface area contributed by atoms with Crippen LogP contribution in [-0.2, 0) is 0 Å². The van der Waals surface area contributed by atoms with Gasteiger partial charge in [-0.2, -0.15) is 5.10 Å². The zero-order valence-electron chi connectivity index (χ0n) is 11.0. The summed E-state index contributed by atoms with van der Waals surface area (Å²) in [5.74, 6) is 0.444. The quantitative estimate of drug-likeness (QED) is 0.572. The van der Waals surface area contributed by atoms with Gasteiger partial charge in [-0.3, -0.25) is 0 Å². The van der Waals surface area contributed by atoms with Crippen LogP contribution in [0.5, 0.6) is 0 Å². The van der Waals surface area contributed by atoms with E-state index in [0.29, 0.717) is 5.82 Å². The van der Waals surface area contributed by atoms with Crippen molar-refractivity contribution in [3.8, 4) is 5.69 Å². The summed E-state index contributed by atoms with van der Waals surface area (Å²) in [5.41, 5.74) is 8.65. The van der Waals surface area contributed by atoms with Crippen molar-refractivity contribution < 1.29 is 0 Å². The van der Waals surface area contributed by atoms with E-state index < -0.39 is 0 Å². The van der Waals surface area contributed by atoms with E-state index in [-0.39, 0.29) is 0 Å². The molecule has 2 aromatic heterocycles. The second-order valence-corrected chi connectivity index (χ2v) is 5.66. The van der Waals surface area contributed by atoms with Gasteiger partial charge in [-0.1, -0.05) is 30.3 Å². The fraction of sp³-hybridized carbons (Fsp3) is 0. The minimum absolute atomic E-state index is 0.444. The highest BCUT2D eigenvalue weighted by molar-refractivity contribution is 9.10. The number of hydrogen-bond acceptors (Lipinski definition) is 3. The first-order valence-corrected chi connectivity index (χ1v) is 7.32. The molecule has 102 valence electrons. The molecular weight excluding hydrogens is 328 g/mol. The topological polar surface area (TPSA) is 56.7 Å². The Bertz CT molecular complexity index is 960. The van der Waals surface area contributed by atoms with Crippen LogP contribution in [0.3, 0.4) is 0 Å². The number of fused-ring (bicyclic) bond motifs is 3. The normalized spacial score (nSPS) is 11.3. The zero-order chi connectivity index (χ0) is 14.4. The predicted octanol–water partition coefficient (Wildman–Crippen LogP) is 3.92. The van der Waals surface area contributed by atoms with Crippen LogP contribution in [-0.4, -0.2) is 14.8 Å². The number of para-hydroxylation sites is 2. The summed E-state index contributed by atoms with van der Waals surface area (Å²) in [6, 6.07) is 15.9. The molecule has 0 saturated carbocycles. The number of benzene rings is 2. The third kappa shape index (κ3) is 1.89. The predicted molar refractivity (Wildman–Crippen MR) is 88.5 cm³/mol. The van der Waals surface area contributed by atoms with Gasteiger partial charge in [-0.25, -0.2) is 9.67 Å². The first kappa shape index (κ1) is 12.3. The lowest BCUT2D eigenvalue weighted by Crippen LogP contribution is -1.95. The van der Waals surface area contributed by atoms with Gasteiger partial charge in [0.15, 0.2) is 5.82 Å². The van der Waals surface area contributed by atoms with Crippen molar-refractivity contribution >= 4 is 43.6 Å². The molecule has 4 nitrogen and oxygen atoms in total. The van der Waals surface area contributed by atoms with E-state index >= 15 is 0 Å². The molecule has 2 aromatic carbocycles. The van der Waals surface area contributed by atoms with Crippen molar-refractivity contribution in [1.29, 1.82) is 0 Å². The standard InChI is InChI=1S/C16H11BrN4/c17-13-8-4-7-11-12-9-21(10-5-2-1-3-6-10)20-15(12)16(18)19-14(11)13/h1-9H,(H2,18,19). The fourth-order valence-electron chi connectivity index (χ4n) is 2.49. The molecule has 0 aliphatic heterocycles. The third-order valence-corrected chi connectivity index (χ3v) is 4.13. The van der Waals surface area contributed by atoms with Gasteiger partial charge in [-0.15, -0.1) is 0 Å². The highest BCUT2D eigenvalue weighted by Crippen LogP contribution is 2.31. The first-order chi connectivity index (χ1) is 10.2. The number of nitrogens with zero attached hydrogens (tertiary/aromatic N) is 3. The van der Waals surface area contributed by atoms with Crippen LogP contribution in [0.15, 0.2) is 59.2 Å². The Morgan fingerprint density at radius 1 is 0.905 bits per heavy atom. The van der Waals surface area contributed by atoms with E-state index in [1.807, 2.05) is 59.4 Å². The van der Waals surface area contributed by atoms with Gasteiger partial charge in [0.2, 0.25) is 0 Å². The SMILES string of the molecule is Nc1nc2c(Br)cccc2c2cn(-c3ccccc3)nc12. The van der Waals surface area contributed by atoms with Crippen LogP contribution in [0.4, 0.5) is 5.82 Å². The average Bonchev–Trinajstić information content (AvgIpc) is 2.96. The van der Waals surface area contributed by atoms with Crippen LogP contribution < -0.4 is 5.73 Å². The van der Waals surface area contributed by atoms with E-state index in [4.69, 9.17) is 5.73 Å². The van der Waals surface area contributed by atoms with Crippen LogP contribution in [0, 0.1) is 0 Å². The van der Waals surface area contributed by atoms with Crippen LogP contribution in [0.2, 0.25) is 0 Å². The Labute approximate surface area is 129 Å². The molecular formula is C16H11BrN4. The lowest BCUT2D eigenvalue weighted by molar-refractivity contribution is 0.896. The Kier molecular flexibility index (Phi) is 2.68. The maximum Gasteiger partial charge on any atom is 0.152 e.